The van der Waals surface area contributed by atoms with Crippen LogP contribution in [0.3, 0.4) is 0 Å². The van der Waals surface area contributed by atoms with Crippen LogP contribution in [0.15, 0.2) is 24.3 Å². The largest absolute Gasteiger partial charge is 0.375 e. The zero-order valence-corrected chi connectivity index (χ0v) is 16.8. The van der Waals surface area contributed by atoms with Gasteiger partial charge in [-0.25, -0.2) is 0 Å². The van der Waals surface area contributed by atoms with Gasteiger partial charge in [0.25, 0.3) is 5.91 Å². The maximum absolute atomic E-state index is 12.8. The van der Waals surface area contributed by atoms with E-state index in [2.05, 4.69) is 18.9 Å². The Morgan fingerprint density at radius 1 is 1.00 bits per heavy atom. The number of carbonyl (C=O) groups excluding carboxylic acids is 2. The van der Waals surface area contributed by atoms with Crippen molar-refractivity contribution in [2.45, 2.75) is 45.4 Å². The number of anilines is 1. The Hall–Kier alpha value is -2.04. The normalized spacial score (nSPS) is 18.0. The molecule has 0 aromatic heterocycles. The Labute approximate surface area is 163 Å². The molecule has 148 valence electrons. The number of piperidine rings is 1. The molecule has 0 unspecified atom stereocenters. The third-order valence-electron chi connectivity index (χ3n) is 5.95. The standard InChI is InChI=1S/C22H33N3O2/c1-3-4-13-23(2)20-9-7-18(8-10-20)21(26)25-16-11-19(12-17-25)22(27)24-14-5-6-15-24/h7-10,19H,3-6,11-17H2,1-2H3. The van der Waals surface area contributed by atoms with Crippen molar-refractivity contribution in [1.82, 2.24) is 9.80 Å². The van der Waals surface area contributed by atoms with Crippen LogP contribution in [0.25, 0.3) is 0 Å². The Bertz CT molecular complexity index is 629. The zero-order valence-electron chi connectivity index (χ0n) is 16.8. The van der Waals surface area contributed by atoms with E-state index in [1.807, 2.05) is 34.1 Å². The second-order valence-electron chi connectivity index (χ2n) is 7.92. The maximum Gasteiger partial charge on any atom is 0.253 e. The number of rotatable bonds is 6. The van der Waals surface area contributed by atoms with Gasteiger partial charge in [0.15, 0.2) is 0 Å². The quantitative estimate of drug-likeness (QED) is 0.770. The summed E-state index contributed by atoms with van der Waals surface area (Å²) in [5, 5.41) is 0. The Kier molecular flexibility index (Phi) is 6.75. The number of amides is 2. The molecule has 2 fully saturated rings. The SMILES string of the molecule is CCCCN(C)c1ccc(C(=O)N2CCC(C(=O)N3CCCC3)CC2)cc1. The lowest BCUT2D eigenvalue weighted by atomic mass is 9.95. The van der Waals surface area contributed by atoms with Crippen LogP contribution in [0.2, 0.25) is 0 Å². The molecular weight excluding hydrogens is 338 g/mol. The lowest BCUT2D eigenvalue weighted by Gasteiger charge is -2.33. The van der Waals surface area contributed by atoms with Crippen molar-refractivity contribution in [2.75, 3.05) is 44.7 Å². The summed E-state index contributed by atoms with van der Waals surface area (Å²) in [6.07, 6.45) is 6.19. The van der Waals surface area contributed by atoms with Crippen LogP contribution in [0.1, 0.15) is 55.8 Å². The summed E-state index contributed by atoms with van der Waals surface area (Å²) < 4.78 is 0. The van der Waals surface area contributed by atoms with E-state index in [4.69, 9.17) is 0 Å². The molecule has 2 saturated heterocycles. The monoisotopic (exact) mass is 371 g/mol. The fraction of sp³-hybridized carbons (Fsp3) is 0.636. The summed E-state index contributed by atoms with van der Waals surface area (Å²) in [6, 6.07) is 7.93. The number of likely N-dealkylation sites (tertiary alicyclic amines) is 2. The van der Waals surface area contributed by atoms with Crippen LogP contribution in [0, 0.1) is 5.92 Å². The Balaban J connectivity index is 1.52. The van der Waals surface area contributed by atoms with Crippen LogP contribution in [0.4, 0.5) is 5.69 Å². The summed E-state index contributed by atoms with van der Waals surface area (Å²) >= 11 is 0. The summed E-state index contributed by atoms with van der Waals surface area (Å²) in [6.45, 7) is 6.41. The molecule has 0 saturated carbocycles. The summed E-state index contributed by atoms with van der Waals surface area (Å²) in [7, 11) is 2.09. The lowest BCUT2D eigenvalue weighted by molar-refractivity contribution is -0.135. The van der Waals surface area contributed by atoms with E-state index in [-0.39, 0.29) is 11.8 Å². The predicted octanol–water partition coefficient (Wildman–Crippen LogP) is 3.40. The highest BCUT2D eigenvalue weighted by atomic mass is 16.2. The first-order chi connectivity index (χ1) is 13.1. The number of benzene rings is 1. The molecular formula is C22H33N3O2. The second kappa shape index (κ2) is 9.25. The molecule has 0 atom stereocenters. The molecule has 2 aliphatic rings. The van der Waals surface area contributed by atoms with E-state index < -0.39 is 0 Å². The molecule has 1 aromatic rings. The number of nitrogens with zero attached hydrogens (tertiary/aromatic N) is 3. The van der Waals surface area contributed by atoms with Gasteiger partial charge < -0.3 is 14.7 Å². The second-order valence-corrected chi connectivity index (χ2v) is 7.92. The van der Waals surface area contributed by atoms with Crippen LogP contribution in [-0.4, -0.2) is 61.4 Å². The molecule has 3 rings (SSSR count). The van der Waals surface area contributed by atoms with Crippen molar-refractivity contribution in [1.29, 1.82) is 0 Å². The summed E-state index contributed by atoms with van der Waals surface area (Å²) in [5.41, 5.74) is 1.89. The third-order valence-corrected chi connectivity index (χ3v) is 5.95. The first kappa shape index (κ1) is 19.7. The molecule has 2 aliphatic heterocycles. The average Bonchev–Trinajstić information content (AvgIpc) is 3.26. The van der Waals surface area contributed by atoms with Gasteiger partial charge in [0.05, 0.1) is 0 Å². The molecule has 0 radical (unpaired) electrons. The number of unbranched alkanes of at least 4 members (excludes halogenated alkanes) is 1. The van der Waals surface area contributed by atoms with Crippen molar-refractivity contribution >= 4 is 17.5 Å². The van der Waals surface area contributed by atoms with Gasteiger partial charge in [0.1, 0.15) is 0 Å². The Morgan fingerprint density at radius 3 is 2.22 bits per heavy atom. The highest BCUT2D eigenvalue weighted by molar-refractivity contribution is 5.94. The molecule has 5 heteroatoms. The molecule has 0 bridgehead atoms. The van der Waals surface area contributed by atoms with Crippen molar-refractivity contribution in [3.05, 3.63) is 29.8 Å². The van der Waals surface area contributed by atoms with Crippen molar-refractivity contribution in [2.24, 2.45) is 5.92 Å². The van der Waals surface area contributed by atoms with Crippen molar-refractivity contribution in [3.63, 3.8) is 0 Å². The molecule has 0 aliphatic carbocycles. The fourth-order valence-electron chi connectivity index (χ4n) is 4.09. The van der Waals surface area contributed by atoms with E-state index in [0.717, 1.165) is 56.6 Å². The summed E-state index contributed by atoms with van der Waals surface area (Å²) in [5.74, 6) is 0.491. The summed E-state index contributed by atoms with van der Waals surface area (Å²) in [4.78, 5) is 31.5. The van der Waals surface area contributed by atoms with Gasteiger partial charge in [-0.05, 0) is 56.4 Å². The van der Waals surface area contributed by atoms with Crippen LogP contribution >= 0.6 is 0 Å². The molecule has 5 nitrogen and oxygen atoms in total. The first-order valence-electron chi connectivity index (χ1n) is 10.5. The molecule has 0 spiro atoms. The van der Waals surface area contributed by atoms with Gasteiger partial charge >= 0.3 is 0 Å². The molecule has 27 heavy (non-hydrogen) atoms. The minimum Gasteiger partial charge on any atom is -0.375 e. The lowest BCUT2D eigenvalue weighted by Crippen LogP contribution is -2.43. The molecule has 1 aromatic carbocycles. The maximum atomic E-state index is 12.8. The van der Waals surface area contributed by atoms with E-state index >= 15 is 0 Å². The van der Waals surface area contributed by atoms with E-state index in [0.29, 0.717) is 19.0 Å². The topological polar surface area (TPSA) is 43.9 Å². The van der Waals surface area contributed by atoms with Crippen LogP contribution in [-0.2, 0) is 4.79 Å². The van der Waals surface area contributed by atoms with E-state index in [9.17, 15) is 9.59 Å². The molecule has 2 amide bonds. The van der Waals surface area contributed by atoms with Gasteiger partial charge in [-0.3, -0.25) is 9.59 Å². The minimum atomic E-state index is 0.0878. The number of carbonyl (C=O) groups is 2. The predicted molar refractivity (Wildman–Crippen MR) is 109 cm³/mol. The van der Waals surface area contributed by atoms with Crippen molar-refractivity contribution in [3.8, 4) is 0 Å². The van der Waals surface area contributed by atoms with E-state index in [1.165, 1.54) is 12.8 Å². The van der Waals surface area contributed by atoms with Gasteiger partial charge in [0, 0.05) is 56.9 Å². The highest BCUT2D eigenvalue weighted by Gasteiger charge is 2.31. The minimum absolute atomic E-state index is 0.0878. The molecule has 2 heterocycles. The third kappa shape index (κ3) is 4.82. The average molecular weight is 372 g/mol. The Morgan fingerprint density at radius 2 is 1.63 bits per heavy atom. The van der Waals surface area contributed by atoms with Gasteiger partial charge in [-0.15, -0.1) is 0 Å². The zero-order chi connectivity index (χ0) is 19.2. The van der Waals surface area contributed by atoms with Crippen LogP contribution < -0.4 is 4.90 Å². The van der Waals surface area contributed by atoms with Crippen LogP contribution in [0.5, 0.6) is 0 Å². The van der Waals surface area contributed by atoms with E-state index in [1.54, 1.807) is 0 Å². The smallest absolute Gasteiger partial charge is 0.253 e. The number of hydrogen-bond donors (Lipinski definition) is 0. The van der Waals surface area contributed by atoms with Gasteiger partial charge in [-0.2, -0.15) is 0 Å². The van der Waals surface area contributed by atoms with Crippen molar-refractivity contribution < 1.29 is 9.59 Å². The highest BCUT2D eigenvalue weighted by Crippen LogP contribution is 2.24. The first-order valence-corrected chi connectivity index (χ1v) is 10.5. The number of hydrogen-bond acceptors (Lipinski definition) is 3. The van der Waals surface area contributed by atoms with Gasteiger partial charge in [0.2, 0.25) is 5.91 Å². The fourth-order valence-corrected chi connectivity index (χ4v) is 4.09. The molecule has 0 N–H and O–H groups in total. The van der Waals surface area contributed by atoms with Gasteiger partial charge in [-0.1, -0.05) is 13.3 Å².